The minimum atomic E-state index is -0.427. The molecule has 3 aromatic rings. The van der Waals surface area contributed by atoms with Gasteiger partial charge >= 0.3 is 0 Å². The van der Waals surface area contributed by atoms with Gasteiger partial charge in [0, 0.05) is 18.7 Å². The molecule has 1 unspecified atom stereocenters. The van der Waals surface area contributed by atoms with Crippen LogP contribution in [0.15, 0.2) is 24.5 Å². The number of halogens is 1. The molecule has 1 atom stereocenters. The smallest absolute Gasteiger partial charge is 0.227 e. The molecule has 0 bridgehead atoms. The van der Waals surface area contributed by atoms with Gasteiger partial charge in [-0.1, -0.05) is 6.92 Å². The van der Waals surface area contributed by atoms with Crippen LogP contribution in [0.3, 0.4) is 0 Å². The van der Waals surface area contributed by atoms with Crippen molar-refractivity contribution in [2.24, 2.45) is 0 Å². The van der Waals surface area contributed by atoms with Gasteiger partial charge < -0.3 is 25.4 Å². The van der Waals surface area contributed by atoms with Crippen molar-refractivity contribution in [1.82, 2.24) is 19.5 Å². The van der Waals surface area contributed by atoms with Gasteiger partial charge in [0.25, 0.3) is 0 Å². The van der Waals surface area contributed by atoms with E-state index in [1.54, 1.807) is 6.33 Å². The third-order valence-corrected chi connectivity index (χ3v) is 4.34. The first-order valence-electron chi connectivity index (χ1n) is 8.87. The number of aliphatic hydroxyl groups is 1. The van der Waals surface area contributed by atoms with Gasteiger partial charge in [0.05, 0.1) is 19.0 Å². The lowest BCUT2D eigenvalue weighted by Gasteiger charge is -2.15. The summed E-state index contributed by atoms with van der Waals surface area (Å²) in [6, 6.07) is 3.62. The Labute approximate surface area is 156 Å². The number of hydrogen-bond donors (Lipinski definition) is 4. The Bertz CT molecular complexity index is 926. The first-order valence-corrected chi connectivity index (χ1v) is 8.87. The molecule has 3 rings (SSSR count). The molecule has 144 valence electrons. The zero-order valence-corrected chi connectivity index (χ0v) is 15.3. The van der Waals surface area contributed by atoms with Crippen LogP contribution in [-0.4, -0.2) is 42.4 Å². The molecule has 8 nitrogen and oxygen atoms in total. The molecule has 0 radical (unpaired) electrons. The van der Waals surface area contributed by atoms with Crippen molar-refractivity contribution in [2.45, 2.75) is 39.4 Å². The molecule has 27 heavy (non-hydrogen) atoms. The molecule has 2 aromatic heterocycles. The van der Waals surface area contributed by atoms with Gasteiger partial charge in [-0.3, -0.25) is 0 Å². The van der Waals surface area contributed by atoms with Crippen LogP contribution in [-0.2, 0) is 13.1 Å². The number of anilines is 2. The first kappa shape index (κ1) is 18.8. The maximum atomic E-state index is 13.4. The molecule has 9 heteroatoms. The normalized spacial score (nSPS) is 12.3. The molecule has 0 amide bonds. The first-order chi connectivity index (χ1) is 13.0. The van der Waals surface area contributed by atoms with E-state index in [0.29, 0.717) is 41.5 Å². The highest BCUT2D eigenvalue weighted by Gasteiger charge is 2.15. The van der Waals surface area contributed by atoms with Crippen molar-refractivity contribution < 1.29 is 14.6 Å². The SMILES string of the molecule is CCC(CO)Nc1nc(NCc2cc(F)ccc2O)c2ncn(CC)c2n1. The highest BCUT2D eigenvalue weighted by Crippen LogP contribution is 2.24. The summed E-state index contributed by atoms with van der Waals surface area (Å²) in [6.45, 7) is 4.76. The van der Waals surface area contributed by atoms with E-state index in [1.807, 2.05) is 18.4 Å². The second-order valence-corrected chi connectivity index (χ2v) is 6.16. The topological polar surface area (TPSA) is 108 Å². The Morgan fingerprint density at radius 3 is 2.78 bits per heavy atom. The van der Waals surface area contributed by atoms with Crippen LogP contribution in [0, 0.1) is 5.82 Å². The number of aromatic nitrogens is 4. The zero-order valence-electron chi connectivity index (χ0n) is 15.3. The van der Waals surface area contributed by atoms with Crippen molar-refractivity contribution in [3.05, 3.63) is 35.9 Å². The minimum absolute atomic E-state index is 0.00189. The summed E-state index contributed by atoms with van der Waals surface area (Å²) in [6.07, 6.45) is 2.39. The summed E-state index contributed by atoms with van der Waals surface area (Å²) >= 11 is 0. The van der Waals surface area contributed by atoms with E-state index in [0.717, 1.165) is 0 Å². The number of benzene rings is 1. The van der Waals surface area contributed by atoms with Gasteiger partial charge in [0.15, 0.2) is 17.0 Å². The van der Waals surface area contributed by atoms with E-state index in [9.17, 15) is 14.6 Å². The van der Waals surface area contributed by atoms with E-state index in [4.69, 9.17) is 0 Å². The highest BCUT2D eigenvalue weighted by molar-refractivity contribution is 5.84. The molecule has 0 aliphatic heterocycles. The molecule has 0 saturated carbocycles. The molecule has 0 aliphatic rings. The lowest BCUT2D eigenvalue weighted by Crippen LogP contribution is -2.24. The summed E-state index contributed by atoms with van der Waals surface area (Å²) in [5.74, 6) is 0.400. The van der Waals surface area contributed by atoms with Crippen LogP contribution in [0.2, 0.25) is 0 Å². The maximum Gasteiger partial charge on any atom is 0.227 e. The molecule has 0 saturated heterocycles. The number of imidazole rings is 1. The number of aromatic hydroxyl groups is 1. The molecule has 0 aliphatic carbocycles. The predicted octanol–water partition coefficient (Wildman–Crippen LogP) is 2.49. The largest absolute Gasteiger partial charge is 0.508 e. The van der Waals surface area contributed by atoms with Crippen LogP contribution < -0.4 is 10.6 Å². The van der Waals surface area contributed by atoms with Gasteiger partial charge in [-0.05, 0) is 31.5 Å². The molecular formula is C18H23FN6O2. The minimum Gasteiger partial charge on any atom is -0.508 e. The Hall–Kier alpha value is -2.94. The number of phenolic OH excluding ortho intramolecular Hbond substituents is 1. The third-order valence-electron chi connectivity index (χ3n) is 4.34. The Morgan fingerprint density at radius 2 is 2.07 bits per heavy atom. The number of aliphatic hydroxyl groups excluding tert-OH is 1. The molecule has 0 fully saturated rings. The fourth-order valence-corrected chi connectivity index (χ4v) is 2.70. The van der Waals surface area contributed by atoms with Crippen LogP contribution in [0.5, 0.6) is 5.75 Å². The van der Waals surface area contributed by atoms with Crippen molar-refractivity contribution >= 4 is 22.9 Å². The number of aryl methyl sites for hydroxylation is 1. The number of hydrogen-bond acceptors (Lipinski definition) is 7. The van der Waals surface area contributed by atoms with Crippen molar-refractivity contribution in [3.8, 4) is 5.75 Å². The van der Waals surface area contributed by atoms with Crippen molar-refractivity contribution in [1.29, 1.82) is 0 Å². The number of nitrogens with zero attached hydrogens (tertiary/aromatic N) is 4. The van der Waals surface area contributed by atoms with Crippen molar-refractivity contribution in [3.63, 3.8) is 0 Å². The average Bonchev–Trinajstić information content (AvgIpc) is 3.09. The Morgan fingerprint density at radius 1 is 1.26 bits per heavy atom. The Balaban J connectivity index is 1.94. The molecule has 4 N–H and O–H groups in total. The van der Waals surface area contributed by atoms with Crippen LogP contribution in [0.1, 0.15) is 25.8 Å². The average molecular weight is 374 g/mol. The van der Waals surface area contributed by atoms with E-state index in [-0.39, 0.29) is 24.9 Å². The predicted molar refractivity (Wildman–Crippen MR) is 101 cm³/mol. The third kappa shape index (κ3) is 4.08. The molecule has 0 spiro atoms. The highest BCUT2D eigenvalue weighted by atomic mass is 19.1. The van der Waals surface area contributed by atoms with Gasteiger partial charge in [-0.2, -0.15) is 9.97 Å². The second-order valence-electron chi connectivity index (χ2n) is 6.16. The number of phenols is 1. The zero-order chi connectivity index (χ0) is 19.4. The monoisotopic (exact) mass is 374 g/mol. The van der Waals surface area contributed by atoms with E-state index >= 15 is 0 Å². The van der Waals surface area contributed by atoms with E-state index in [1.165, 1.54) is 18.2 Å². The fraction of sp³-hybridized carbons (Fsp3) is 0.389. The Kier molecular flexibility index (Phi) is 5.70. The summed E-state index contributed by atoms with van der Waals surface area (Å²) in [5.41, 5.74) is 1.64. The summed E-state index contributed by atoms with van der Waals surface area (Å²) in [4.78, 5) is 13.3. The second kappa shape index (κ2) is 8.17. The standard InChI is InChI=1S/C18H23FN6O2/c1-3-13(9-26)22-18-23-16(15-17(24-18)25(4-2)10-21-15)20-8-11-7-12(19)5-6-14(11)27/h5-7,10,13,26-27H,3-4,8-9H2,1-2H3,(H2,20,22,23,24). The number of rotatable bonds is 8. The summed E-state index contributed by atoms with van der Waals surface area (Å²) in [7, 11) is 0. The van der Waals surface area contributed by atoms with E-state index < -0.39 is 5.82 Å². The maximum absolute atomic E-state index is 13.4. The number of nitrogens with one attached hydrogen (secondary N) is 2. The van der Waals surface area contributed by atoms with Crippen LogP contribution in [0.4, 0.5) is 16.2 Å². The van der Waals surface area contributed by atoms with Gasteiger partial charge in [-0.25, -0.2) is 9.37 Å². The van der Waals surface area contributed by atoms with Gasteiger partial charge in [0.2, 0.25) is 5.95 Å². The lowest BCUT2D eigenvalue weighted by atomic mass is 10.2. The molecule has 1 aromatic carbocycles. The number of fused-ring (bicyclic) bond motifs is 1. The van der Waals surface area contributed by atoms with Crippen molar-refractivity contribution in [2.75, 3.05) is 17.2 Å². The van der Waals surface area contributed by atoms with Crippen LogP contribution >= 0.6 is 0 Å². The lowest BCUT2D eigenvalue weighted by molar-refractivity contribution is 0.271. The molecular weight excluding hydrogens is 351 g/mol. The summed E-state index contributed by atoms with van der Waals surface area (Å²) in [5, 5.41) is 25.5. The van der Waals surface area contributed by atoms with Gasteiger partial charge in [0.1, 0.15) is 11.6 Å². The quantitative estimate of drug-likeness (QED) is 0.480. The van der Waals surface area contributed by atoms with Crippen LogP contribution in [0.25, 0.3) is 11.2 Å². The summed E-state index contributed by atoms with van der Waals surface area (Å²) < 4.78 is 15.3. The fourth-order valence-electron chi connectivity index (χ4n) is 2.70. The molecule has 2 heterocycles. The van der Waals surface area contributed by atoms with Gasteiger partial charge in [-0.15, -0.1) is 0 Å². The van der Waals surface area contributed by atoms with E-state index in [2.05, 4.69) is 25.6 Å².